The van der Waals surface area contributed by atoms with Crippen LogP contribution in [0.2, 0.25) is 0 Å². The first-order valence-electron chi connectivity index (χ1n) is 5.75. The summed E-state index contributed by atoms with van der Waals surface area (Å²) in [5.41, 5.74) is 0.329. The van der Waals surface area contributed by atoms with Crippen LogP contribution in [-0.4, -0.2) is 5.11 Å². The van der Waals surface area contributed by atoms with Gasteiger partial charge in [-0.2, -0.15) is 13.2 Å². The maximum atomic E-state index is 12.6. The predicted octanol–water partition coefficient (Wildman–Crippen LogP) is 4.51. The lowest BCUT2D eigenvalue weighted by Crippen LogP contribution is -2.19. The topological polar surface area (TPSA) is 24.1 Å². The molecule has 0 heterocycles. The van der Waals surface area contributed by atoms with Gasteiger partial charge in [0.15, 0.2) is 5.11 Å². The molecule has 0 saturated heterocycles. The molecule has 0 amide bonds. The van der Waals surface area contributed by atoms with E-state index in [1.807, 2.05) is 18.2 Å². The van der Waals surface area contributed by atoms with E-state index in [0.717, 1.165) is 17.8 Å². The summed E-state index contributed by atoms with van der Waals surface area (Å²) in [7, 11) is 0. The highest BCUT2D eigenvalue weighted by atomic mass is 32.1. The van der Waals surface area contributed by atoms with Gasteiger partial charge in [-0.3, -0.25) is 0 Å². The number of hydrogen-bond donors (Lipinski definition) is 2. The van der Waals surface area contributed by atoms with E-state index in [4.69, 9.17) is 12.2 Å². The highest BCUT2D eigenvalue weighted by Crippen LogP contribution is 2.30. The Morgan fingerprint density at radius 1 is 0.850 bits per heavy atom. The molecular weight excluding hydrogens is 285 g/mol. The van der Waals surface area contributed by atoms with Crippen molar-refractivity contribution in [3.05, 3.63) is 60.2 Å². The van der Waals surface area contributed by atoms with Crippen molar-refractivity contribution in [2.45, 2.75) is 6.18 Å². The normalized spacial score (nSPS) is 10.9. The number of rotatable bonds is 2. The molecule has 0 spiro atoms. The Kier molecular flexibility index (Phi) is 4.24. The van der Waals surface area contributed by atoms with E-state index in [9.17, 15) is 13.2 Å². The van der Waals surface area contributed by atoms with Crippen LogP contribution in [0.5, 0.6) is 0 Å². The van der Waals surface area contributed by atoms with E-state index < -0.39 is 11.7 Å². The van der Waals surface area contributed by atoms with E-state index in [0.29, 0.717) is 0 Å². The highest BCUT2D eigenvalue weighted by Gasteiger charge is 2.30. The highest BCUT2D eigenvalue weighted by molar-refractivity contribution is 7.80. The first-order chi connectivity index (χ1) is 9.45. The summed E-state index contributed by atoms with van der Waals surface area (Å²) in [5.74, 6) is 0. The second kappa shape index (κ2) is 5.92. The molecule has 6 heteroatoms. The molecule has 2 aromatic carbocycles. The van der Waals surface area contributed by atoms with Gasteiger partial charge in [0, 0.05) is 11.4 Å². The Balaban J connectivity index is 2.05. The molecule has 0 atom stereocenters. The van der Waals surface area contributed by atoms with Gasteiger partial charge < -0.3 is 10.6 Å². The summed E-state index contributed by atoms with van der Waals surface area (Å²) in [6, 6.07) is 14.0. The fraction of sp³-hybridized carbons (Fsp3) is 0.0714. The van der Waals surface area contributed by atoms with Crippen LogP contribution in [0.15, 0.2) is 54.6 Å². The Morgan fingerprint density at radius 3 is 2.10 bits per heavy atom. The molecule has 2 nitrogen and oxygen atoms in total. The van der Waals surface area contributed by atoms with Crippen LogP contribution < -0.4 is 10.6 Å². The van der Waals surface area contributed by atoms with Gasteiger partial charge >= 0.3 is 6.18 Å². The summed E-state index contributed by atoms with van der Waals surface area (Å²) in [4.78, 5) is 0. The molecule has 104 valence electrons. The SMILES string of the molecule is FC(F)(F)c1cccc(NC(=S)Nc2ccccc2)c1. The minimum Gasteiger partial charge on any atom is -0.332 e. The molecule has 2 rings (SSSR count). The minimum atomic E-state index is -4.37. The zero-order valence-electron chi connectivity index (χ0n) is 10.2. The molecule has 0 fully saturated rings. The number of para-hydroxylation sites is 1. The van der Waals surface area contributed by atoms with Crippen molar-refractivity contribution in [2.24, 2.45) is 0 Å². The lowest BCUT2D eigenvalue weighted by molar-refractivity contribution is -0.137. The van der Waals surface area contributed by atoms with Crippen molar-refractivity contribution in [2.75, 3.05) is 10.6 Å². The zero-order valence-corrected chi connectivity index (χ0v) is 11.1. The second-order valence-electron chi connectivity index (χ2n) is 4.02. The zero-order chi connectivity index (χ0) is 14.6. The Morgan fingerprint density at radius 2 is 1.45 bits per heavy atom. The van der Waals surface area contributed by atoms with Gasteiger partial charge in [-0.25, -0.2) is 0 Å². The molecular formula is C14H11F3N2S. The van der Waals surface area contributed by atoms with Gasteiger partial charge in [0.05, 0.1) is 5.56 Å². The average Bonchev–Trinajstić information content (AvgIpc) is 2.39. The average molecular weight is 296 g/mol. The molecule has 0 saturated carbocycles. The number of halogens is 3. The van der Waals surface area contributed by atoms with Crippen LogP contribution in [-0.2, 0) is 6.18 Å². The van der Waals surface area contributed by atoms with Crippen LogP contribution in [0.1, 0.15) is 5.56 Å². The summed E-state index contributed by atoms with van der Waals surface area (Å²) in [6.07, 6.45) is -4.37. The molecule has 0 bridgehead atoms. The largest absolute Gasteiger partial charge is 0.416 e. The third kappa shape index (κ3) is 3.96. The van der Waals surface area contributed by atoms with E-state index >= 15 is 0 Å². The quantitative estimate of drug-likeness (QED) is 0.797. The Labute approximate surface area is 119 Å². The monoisotopic (exact) mass is 296 g/mol. The van der Waals surface area contributed by atoms with Gasteiger partial charge in [0.1, 0.15) is 0 Å². The molecule has 0 aliphatic heterocycles. The number of anilines is 2. The first-order valence-corrected chi connectivity index (χ1v) is 6.16. The van der Waals surface area contributed by atoms with Crippen molar-refractivity contribution in [1.82, 2.24) is 0 Å². The summed E-state index contributed by atoms with van der Waals surface area (Å²) >= 11 is 5.05. The standard InChI is InChI=1S/C14H11F3N2S/c15-14(16,17)10-5-4-8-12(9-10)19-13(20)18-11-6-2-1-3-7-11/h1-9H,(H2,18,19,20). The number of alkyl halides is 3. The van der Waals surface area contributed by atoms with E-state index in [2.05, 4.69) is 10.6 Å². The number of hydrogen-bond acceptors (Lipinski definition) is 1. The fourth-order valence-electron chi connectivity index (χ4n) is 1.59. The van der Waals surface area contributed by atoms with Crippen LogP contribution in [0.4, 0.5) is 24.5 Å². The number of nitrogens with one attached hydrogen (secondary N) is 2. The van der Waals surface area contributed by atoms with Gasteiger partial charge in [-0.05, 0) is 42.5 Å². The Hall–Kier alpha value is -2.08. The van der Waals surface area contributed by atoms with Crippen molar-refractivity contribution in [1.29, 1.82) is 0 Å². The minimum absolute atomic E-state index is 0.232. The maximum absolute atomic E-state index is 12.6. The van der Waals surface area contributed by atoms with Crippen molar-refractivity contribution in [3.63, 3.8) is 0 Å². The van der Waals surface area contributed by atoms with E-state index in [-0.39, 0.29) is 10.8 Å². The number of thiocarbonyl (C=S) groups is 1. The molecule has 0 aliphatic carbocycles. The van der Waals surface area contributed by atoms with Gasteiger partial charge in [0.2, 0.25) is 0 Å². The Bertz CT molecular complexity index is 597. The van der Waals surface area contributed by atoms with Crippen LogP contribution in [0.3, 0.4) is 0 Å². The van der Waals surface area contributed by atoms with Gasteiger partial charge in [0.25, 0.3) is 0 Å². The molecule has 2 N–H and O–H groups in total. The fourth-order valence-corrected chi connectivity index (χ4v) is 1.82. The molecule has 0 radical (unpaired) electrons. The lowest BCUT2D eigenvalue weighted by atomic mass is 10.2. The molecule has 0 unspecified atom stereocenters. The molecule has 20 heavy (non-hydrogen) atoms. The summed E-state index contributed by atoms with van der Waals surface area (Å²) < 4.78 is 37.7. The lowest BCUT2D eigenvalue weighted by Gasteiger charge is -2.12. The van der Waals surface area contributed by atoms with Crippen molar-refractivity contribution >= 4 is 28.7 Å². The van der Waals surface area contributed by atoms with E-state index in [1.165, 1.54) is 12.1 Å². The molecule has 0 aliphatic rings. The number of benzene rings is 2. The van der Waals surface area contributed by atoms with Crippen LogP contribution in [0.25, 0.3) is 0 Å². The van der Waals surface area contributed by atoms with Crippen LogP contribution >= 0.6 is 12.2 Å². The first kappa shape index (κ1) is 14.3. The molecule has 0 aromatic heterocycles. The predicted molar refractivity (Wildman–Crippen MR) is 77.7 cm³/mol. The van der Waals surface area contributed by atoms with Crippen molar-refractivity contribution < 1.29 is 13.2 Å². The third-order valence-electron chi connectivity index (χ3n) is 2.48. The van der Waals surface area contributed by atoms with Crippen molar-refractivity contribution in [3.8, 4) is 0 Å². The maximum Gasteiger partial charge on any atom is 0.416 e. The van der Waals surface area contributed by atoms with E-state index in [1.54, 1.807) is 12.1 Å². The molecule has 2 aromatic rings. The van der Waals surface area contributed by atoms with Gasteiger partial charge in [-0.15, -0.1) is 0 Å². The second-order valence-corrected chi connectivity index (χ2v) is 4.43. The summed E-state index contributed by atoms with van der Waals surface area (Å²) in [6.45, 7) is 0. The summed E-state index contributed by atoms with van der Waals surface area (Å²) in [5, 5.41) is 5.84. The smallest absolute Gasteiger partial charge is 0.332 e. The van der Waals surface area contributed by atoms with Gasteiger partial charge in [-0.1, -0.05) is 24.3 Å². The van der Waals surface area contributed by atoms with Crippen LogP contribution in [0, 0.1) is 0 Å². The third-order valence-corrected chi connectivity index (χ3v) is 2.68.